The molecule has 2 rings (SSSR count). The van der Waals surface area contributed by atoms with Gasteiger partial charge in [0.2, 0.25) is 0 Å². The van der Waals surface area contributed by atoms with Crippen molar-refractivity contribution in [2.24, 2.45) is 5.92 Å². The minimum Gasteiger partial charge on any atom is -0.481 e. The normalized spacial score (nSPS) is 22.5. The largest absolute Gasteiger partial charge is 0.481 e. The van der Waals surface area contributed by atoms with Gasteiger partial charge < -0.3 is 10.4 Å². The number of carbonyl (C=O) groups is 1. The van der Waals surface area contributed by atoms with E-state index in [1.807, 2.05) is 12.1 Å². The standard InChI is InChI=1S/C14H15BrN2O2/c15-11-4-5-13(10(6-11)8-16)17-12-3-1-2-9(7-12)14(18)19/h4-6,9,12,17H,1-3,7H2,(H,18,19). The van der Waals surface area contributed by atoms with E-state index in [1.165, 1.54) is 0 Å². The molecule has 0 heterocycles. The lowest BCUT2D eigenvalue weighted by atomic mass is 9.85. The molecule has 0 aromatic heterocycles. The van der Waals surface area contributed by atoms with Crippen LogP contribution in [0.25, 0.3) is 0 Å². The van der Waals surface area contributed by atoms with Crippen molar-refractivity contribution in [2.75, 3.05) is 5.32 Å². The van der Waals surface area contributed by atoms with Gasteiger partial charge in [-0.25, -0.2) is 0 Å². The Kier molecular flexibility index (Phi) is 4.43. The Labute approximate surface area is 120 Å². The van der Waals surface area contributed by atoms with E-state index >= 15 is 0 Å². The summed E-state index contributed by atoms with van der Waals surface area (Å²) >= 11 is 3.33. The van der Waals surface area contributed by atoms with Crippen LogP contribution in [0, 0.1) is 17.2 Å². The first-order chi connectivity index (χ1) is 9.10. The number of hydrogen-bond donors (Lipinski definition) is 2. The van der Waals surface area contributed by atoms with Gasteiger partial charge in [-0.15, -0.1) is 0 Å². The number of nitrogens with zero attached hydrogens (tertiary/aromatic N) is 1. The number of aliphatic carboxylic acids is 1. The Hall–Kier alpha value is -1.54. The Morgan fingerprint density at radius 3 is 2.95 bits per heavy atom. The van der Waals surface area contributed by atoms with E-state index in [0.29, 0.717) is 12.0 Å². The molecule has 1 fully saturated rings. The zero-order valence-corrected chi connectivity index (χ0v) is 12.0. The lowest BCUT2D eigenvalue weighted by molar-refractivity contribution is -0.142. The highest BCUT2D eigenvalue weighted by Gasteiger charge is 2.27. The minimum absolute atomic E-state index is 0.128. The van der Waals surface area contributed by atoms with Crippen LogP contribution >= 0.6 is 15.9 Å². The Bertz CT molecular complexity index is 525. The summed E-state index contributed by atoms with van der Waals surface area (Å²) in [7, 11) is 0. The molecule has 19 heavy (non-hydrogen) atoms. The molecule has 0 radical (unpaired) electrons. The fourth-order valence-electron chi connectivity index (χ4n) is 2.50. The first-order valence-corrected chi connectivity index (χ1v) is 7.08. The average Bonchev–Trinajstić information content (AvgIpc) is 2.41. The molecule has 0 bridgehead atoms. The van der Waals surface area contributed by atoms with E-state index in [9.17, 15) is 4.79 Å². The van der Waals surface area contributed by atoms with Gasteiger partial charge in [0.15, 0.2) is 0 Å². The summed E-state index contributed by atoms with van der Waals surface area (Å²) in [6, 6.07) is 7.77. The van der Waals surface area contributed by atoms with Crippen LogP contribution in [-0.4, -0.2) is 17.1 Å². The first kappa shape index (κ1) is 13.9. The van der Waals surface area contributed by atoms with Crippen LogP contribution < -0.4 is 5.32 Å². The number of carboxylic acid groups (broad SMARTS) is 1. The molecule has 2 N–H and O–H groups in total. The predicted molar refractivity (Wildman–Crippen MR) is 75.9 cm³/mol. The molecule has 0 saturated heterocycles. The van der Waals surface area contributed by atoms with Crippen LogP contribution in [0.4, 0.5) is 5.69 Å². The number of halogens is 1. The second kappa shape index (κ2) is 6.07. The zero-order valence-electron chi connectivity index (χ0n) is 10.4. The third-order valence-electron chi connectivity index (χ3n) is 3.49. The van der Waals surface area contributed by atoms with Gasteiger partial charge in [0.25, 0.3) is 0 Å². The van der Waals surface area contributed by atoms with Gasteiger partial charge in [0.1, 0.15) is 6.07 Å². The summed E-state index contributed by atoms with van der Waals surface area (Å²) < 4.78 is 0.863. The van der Waals surface area contributed by atoms with Crippen molar-refractivity contribution in [3.63, 3.8) is 0 Å². The highest BCUT2D eigenvalue weighted by atomic mass is 79.9. The summed E-state index contributed by atoms with van der Waals surface area (Å²) in [5.74, 6) is -0.991. The van der Waals surface area contributed by atoms with Crippen LogP contribution in [0.1, 0.15) is 31.2 Å². The second-order valence-electron chi connectivity index (χ2n) is 4.84. The molecule has 2 unspecified atom stereocenters. The van der Waals surface area contributed by atoms with Crippen LogP contribution in [0.2, 0.25) is 0 Å². The van der Waals surface area contributed by atoms with Gasteiger partial charge in [-0.2, -0.15) is 5.26 Å². The number of benzene rings is 1. The molecule has 1 aromatic carbocycles. The number of carboxylic acids is 1. The van der Waals surface area contributed by atoms with E-state index < -0.39 is 5.97 Å². The van der Waals surface area contributed by atoms with Gasteiger partial charge >= 0.3 is 5.97 Å². The van der Waals surface area contributed by atoms with Gasteiger partial charge in [-0.3, -0.25) is 4.79 Å². The van der Waals surface area contributed by atoms with Crippen LogP contribution in [-0.2, 0) is 4.79 Å². The Balaban J connectivity index is 2.09. The van der Waals surface area contributed by atoms with E-state index in [2.05, 4.69) is 27.3 Å². The topological polar surface area (TPSA) is 73.1 Å². The van der Waals surface area contributed by atoms with Crippen molar-refractivity contribution in [3.8, 4) is 6.07 Å². The van der Waals surface area contributed by atoms with E-state index in [4.69, 9.17) is 10.4 Å². The van der Waals surface area contributed by atoms with E-state index in [1.54, 1.807) is 6.07 Å². The minimum atomic E-state index is -0.720. The maximum absolute atomic E-state index is 11.0. The molecule has 0 amide bonds. The predicted octanol–water partition coefficient (Wildman–Crippen LogP) is 3.38. The average molecular weight is 323 g/mol. The number of rotatable bonds is 3. The smallest absolute Gasteiger partial charge is 0.306 e. The maximum Gasteiger partial charge on any atom is 0.306 e. The SMILES string of the molecule is N#Cc1cc(Br)ccc1NC1CCCC(C(=O)O)C1. The number of nitrogens with one attached hydrogen (secondary N) is 1. The molecule has 100 valence electrons. The van der Waals surface area contributed by atoms with Crippen LogP contribution in [0.5, 0.6) is 0 Å². The lowest BCUT2D eigenvalue weighted by Gasteiger charge is -2.28. The fourth-order valence-corrected chi connectivity index (χ4v) is 2.86. The number of anilines is 1. The summed E-state index contributed by atoms with van der Waals surface area (Å²) in [6.45, 7) is 0. The molecule has 5 heteroatoms. The molecular weight excluding hydrogens is 308 g/mol. The zero-order chi connectivity index (χ0) is 13.8. The molecule has 2 atom stereocenters. The maximum atomic E-state index is 11.0. The van der Waals surface area contributed by atoms with Crippen molar-refractivity contribution in [1.82, 2.24) is 0 Å². The molecule has 1 aliphatic rings. The lowest BCUT2D eigenvalue weighted by Crippen LogP contribution is -2.31. The number of hydrogen-bond acceptors (Lipinski definition) is 3. The molecule has 1 saturated carbocycles. The van der Waals surface area contributed by atoms with Crippen molar-refractivity contribution in [3.05, 3.63) is 28.2 Å². The van der Waals surface area contributed by atoms with Crippen LogP contribution in [0.3, 0.4) is 0 Å². The molecule has 4 nitrogen and oxygen atoms in total. The monoisotopic (exact) mass is 322 g/mol. The fraction of sp³-hybridized carbons (Fsp3) is 0.429. The van der Waals surface area contributed by atoms with E-state index in [-0.39, 0.29) is 12.0 Å². The van der Waals surface area contributed by atoms with Gasteiger partial charge in [0.05, 0.1) is 17.2 Å². The van der Waals surface area contributed by atoms with Crippen molar-refractivity contribution in [2.45, 2.75) is 31.7 Å². The van der Waals surface area contributed by atoms with Crippen molar-refractivity contribution in [1.29, 1.82) is 5.26 Å². The van der Waals surface area contributed by atoms with Gasteiger partial charge in [-0.1, -0.05) is 22.4 Å². The highest BCUT2D eigenvalue weighted by Crippen LogP contribution is 2.28. The molecule has 0 aliphatic heterocycles. The molecule has 1 aliphatic carbocycles. The molecule has 1 aromatic rings. The first-order valence-electron chi connectivity index (χ1n) is 6.29. The van der Waals surface area contributed by atoms with Crippen molar-refractivity contribution >= 4 is 27.6 Å². The Morgan fingerprint density at radius 2 is 2.26 bits per heavy atom. The third kappa shape index (κ3) is 3.48. The second-order valence-corrected chi connectivity index (χ2v) is 5.76. The summed E-state index contributed by atoms with van der Waals surface area (Å²) in [4.78, 5) is 11.0. The molecular formula is C14H15BrN2O2. The van der Waals surface area contributed by atoms with Gasteiger partial charge in [-0.05, 0) is 37.5 Å². The Morgan fingerprint density at radius 1 is 1.47 bits per heavy atom. The molecule has 0 spiro atoms. The van der Waals surface area contributed by atoms with Crippen LogP contribution in [0.15, 0.2) is 22.7 Å². The number of nitriles is 1. The third-order valence-corrected chi connectivity index (χ3v) is 3.98. The van der Waals surface area contributed by atoms with Crippen molar-refractivity contribution < 1.29 is 9.90 Å². The van der Waals surface area contributed by atoms with E-state index in [0.717, 1.165) is 29.4 Å². The quantitative estimate of drug-likeness (QED) is 0.894. The highest BCUT2D eigenvalue weighted by molar-refractivity contribution is 9.10. The van der Waals surface area contributed by atoms with Gasteiger partial charge in [0, 0.05) is 10.5 Å². The summed E-state index contributed by atoms with van der Waals surface area (Å²) in [5, 5.41) is 21.5. The summed E-state index contributed by atoms with van der Waals surface area (Å²) in [6.07, 6.45) is 3.23. The summed E-state index contributed by atoms with van der Waals surface area (Å²) in [5.41, 5.74) is 1.36.